The second-order valence-electron chi connectivity index (χ2n) is 8.25. The molecule has 140 valence electrons. The lowest BCUT2D eigenvalue weighted by Crippen LogP contribution is -2.49. The maximum atomic E-state index is 4.98. The second kappa shape index (κ2) is 9.62. The van der Waals surface area contributed by atoms with Crippen molar-refractivity contribution in [2.45, 2.75) is 34.1 Å². The third-order valence-electron chi connectivity index (χ3n) is 5.22. The number of nitrogens with one attached hydrogen (secondary N) is 1. The molecule has 0 aromatic carbocycles. The van der Waals surface area contributed by atoms with Crippen LogP contribution in [0.3, 0.4) is 0 Å². The van der Waals surface area contributed by atoms with Crippen molar-refractivity contribution in [3.63, 3.8) is 0 Å². The Balaban J connectivity index is 1.85. The molecule has 2 saturated heterocycles. The maximum Gasteiger partial charge on any atom is 0.193 e. The summed E-state index contributed by atoms with van der Waals surface area (Å²) < 4.78 is 0. The first-order valence-corrected chi connectivity index (χ1v) is 9.92. The number of guanidine groups is 1. The zero-order valence-corrected chi connectivity index (χ0v) is 16.6. The van der Waals surface area contributed by atoms with Gasteiger partial charge in [0.2, 0.25) is 0 Å². The van der Waals surface area contributed by atoms with E-state index in [2.05, 4.69) is 54.8 Å². The monoisotopic (exact) mass is 337 g/mol. The highest BCUT2D eigenvalue weighted by atomic mass is 15.3. The van der Waals surface area contributed by atoms with E-state index >= 15 is 0 Å². The Bertz CT molecular complexity index is 379. The third-order valence-corrected chi connectivity index (χ3v) is 5.22. The lowest BCUT2D eigenvalue weighted by molar-refractivity contribution is 0.140. The van der Waals surface area contributed by atoms with E-state index in [0.29, 0.717) is 5.92 Å². The van der Waals surface area contributed by atoms with Gasteiger partial charge in [0, 0.05) is 58.9 Å². The average molecular weight is 338 g/mol. The van der Waals surface area contributed by atoms with Crippen molar-refractivity contribution < 1.29 is 0 Å². The van der Waals surface area contributed by atoms with E-state index in [1.165, 1.54) is 39.1 Å². The first-order chi connectivity index (χ1) is 11.5. The molecular weight excluding hydrogens is 298 g/mol. The molecule has 0 aromatic heterocycles. The van der Waals surface area contributed by atoms with Crippen molar-refractivity contribution in [3.8, 4) is 0 Å². The van der Waals surface area contributed by atoms with E-state index in [1.54, 1.807) is 0 Å². The molecule has 24 heavy (non-hydrogen) atoms. The molecule has 0 aromatic rings. The van der Waals surface area contributed by atoms with Crippen LogP contribution in [-0.2, 0) is 0 Å². The van der Waals surface area contributed by atoms with Crippen LogP contribution in [0.1, 0.15) is 34.1 Å². The number of likely N-dealkylation sites (N-methyl/N-ethyl adjacent to an activating group) is 1. The number of nitrogens with zero attached hydrogens (tertiary/aromatic N) is 4. The number of hydrogen-bond donors (Lipinski definition) is 1. The van der Waals surface area contributed by atoms with Gasteiger partial charge in [-0.05, 0) is 38.1 Å². The zero-order chi connectivity index (χ0) is 17.5. The zero-order valence-electron chi connectivity index (χ0n) is 16.6. The van der Waals surface area contributed by atoms with E-state index in [9.17, 15) is 0 Å². The maximum absolute atomic E-state index is 4.98. The van der Waals surface area contributed by atoms with Crippen molar-refractivity contribution in [1.82, 2.24) is 20.0 Å². The summed E-state index contributed by atoms with van der Waals surface area (Å²) >= 11 is 0. The molecule has 1 N–H and O–H groups in total. The van der Waals surface area contributed by atoms with E-state index < -0.39 is 0 Å². The van der Waals surface area contributed by atoms with Gasteiger partial charge >= 0.3 is 0 Å². The summed E-state index contributed by atoms with van der Waals surface area (Å²) in [5, 5.41) is 3.51. The Labute approximate surface area is 149 Å². The fourth-order valence-corrected chi connectivity index (χ4v) is 4.03. The molecule has 0 bridgehead atoms. The van der Waals surface area contributed by atoms with Gasteiger partial charge in [0.1, 0.15) is 0 Å². The van der Waals surface area contributed by atoms with Gasteiger partial charge in [-0.25, -0.2) is 0 Å². The SMILES string of the molecule is CCNC(=NCC(C)CN1CCN(C)CC1)N1CC(C)CC(C)C1. The molecule has 2 fully saturated rings. The van der Waals surface area contributed by atoms with Gasteiger partial charge in [-0.1, -0.05) is 20.8 Å². The lowest BCUT2D eigenvalue weighted by atomic mass is 9.92. The number of likely N-dealkylation sites (tertiary alicyclic amines) is 1. The molecule has 2 aliphatic heterocycles. The highest BCUT2D eigenvalue weighted by Crippen LogP contribution is 2.21. The molecule has 0 aliphatic carbocycles. The smallest absolute Gasteiger partial charge is 0.193 e. The summed E-state index contributed by atoms with van der Waals surface area (Å²) in [6.45, 7) is 19.4. The van der Waals surface area contributed by atoms with E-state index in [4.69, 9.17) is 4.99 Å². The second-order valence-corrected chi connectivity index (χ2v) is 8.25. The Kier molecular flexibility index (Phi) is 7.82. The number of piperazine rings is 1. The first kappa shape index (κ1) is 19.5. The van der Waals surface area contributed by atoms with Crippen LogP contribution >= 0.6 is 0 Å². The van der Waals surface area contributed by atoms with Gasteiger partial charge in [0.25, 0.3) is 0 Å². The van der Waals surface area contributed by atoms with Crippen LogP contribution in [0.15, 0.2) is 4.99 Å². The molecule has 0 radical (unpaired) electrons. The molecule has 3 unspecified atom stereocenters. The number of hydrogen-bond acceptors (Lipinski definition) is 3. The van der Waals surface area contributed by atoms with Crippen LogP contribution in [0.25, 0.3) is 0 Å². The van der Waals surface area contributed by atoms with Crippen LogP contribution in [0, 0.1) is 17.8 Å². The molecule has 2 heterocycles. The quantitative estimate of drug-likeness (QED) is 0.613. The minimum Gasteiger partial charge on any atom is -0.357 e. The van der Waals surface area contributed by atoms with Crippen molar-refractivity contribution in [3.05, 3.63) is 0 Å². The molecule has 5 heteroatoms. The van der Waals surface area contributed by atoms with Gasteiger partial charge in [-0.2, -0.15) is 0 Å². The van der Waals surface area contributed by atoms with Gasteiger partial charge in [-0.3, -0.25) is 4.99 Å². The van der Waals surface area contributed by atoms with Crippen molar-refractivity contribution in [2.75, 3.05) is 66.0 Å². The number of aliphatic imine (C=N–C) groups is 1. The van der Waals surface area contributed by atoms with E-state index in [-0.39, 0.29) is 0 Å². The average Bonchev–Trinajstić information content (AvgIpc) is 2.52. The summed E-state index contributed by atoms with van der Waals surface area (Å²) in [4.78, 5) is 12.5. The highest BCUT2D eigenvalue weighted by molar-refractivity contribution is 5.80. The van der Waals surface area contributed by atoms with Crippen LogP contribution in [0.4, 0.5) is 0 Å². The summed E-state index contributed by atoms with van der Waals surface area (Å²) in [5.41, 5.74) is 0. The topological polar surface area (TPSA) is 34.1 Å². The molecule has 5 nitrogen and oxygen atoms in total. The van der Waals surface area contributed by atoms with Crippen LogP contribution in [0.2, 0.25) is 0 Å². The first-order valence-electron chi connectivity index (χ1n) is 9.92. The van der Waals surface area contributed by atoms with E-state index in [1.807, 2.05) is 0 Å². The largest absolute Gasteiger partial charge is 0.357 e. The Morgan fingerprint density at radius 3 is 2.33 bits per heavy atom. The normalized spacial score (nSPS) is 28.9. The lowest BCUT2D eigenvalue weighted by Gasteiger charge is -2.37. The Hall–Kier alpha value is -0.810. The summed E-state index contributed by atoms with van der Waals surface area (Å²) in [6.07, 6.45) is 1.34. The fraction of sp³-hybridized carbons (Fsp3) is 0.947. The van der Waals surface area contributed by atoms with Crippen molar-refractivity contribution in [2.24, 2.45) is 22.7 Å². The summed E-state index contributed by atoms with van der Waals surface area (Å²) in [5.74, 6) is 3.27. The molecule has 3 atom stereocenters. The minimum atomic E-state index is 0.613. The predicted octanol–water partition coefficient (Wildman–Crippen LogP) is 1.81. The van der Waals surface area contributed by atoms with Crippen molar-refractivity contribution in [1.29, 1.82) is 0 Å². The van der Waals surface area contributed by atoms with Gasteiger partial charge in [0.15, 0.2) is 5.96 Å². The molecule has 2 aliphatic rings. The van der Waals surface area contributed by atoms with Crippen LogP contribution in [0.5, 0.6) is 0 Å². The molecule has 2 rings (SSSR count). The number of rotatable bonds is 5. The van der Waals surface area contributed by atoms with Gasteiger partial charge < -0.3 is 20.0 Å². The van der Waals surface area contributed by atoms with Crippen LogP contribution in [-0.4, -0.2) is 86.6 Å². The van der Waals surface area contributed by atoms with E-state index in [0.717, 1.165) is 44.0 Å². The Morgan fingerprint density at radius 1 is 1.12 bits per heavy atom. The molecule has 0 amide bonds. The van der Waals surface area contributed by atoms with Crippen LogP contribution < -0.4 is 5.32 Å². The summed E-state index contributed by atoms with van der Waals surface area (Å²) in [7, 11) is 2.22. The van der Waals surface area contributed by atoms with Crippen molar-refractivity contribution >= 4 is 5.96 Å². The molecule has 0 saturated carbocycles. The fourth-order valence-electron chi connectivity index (χ4n) is 4.03. The summed E-state index contributed by atoms with van der Waals surface area (Å²) in [6, 6.07) is 0. The molecule has 0 spiro atoms. The Morgan fingerprint density at radius 2 is 1.75 bits per heavy atom. The minimum absolute atomic E-state index is 0.613. The van der Waals surface area contributed by atoms with Gasteiger partial charge in [0.05, 0.1) is 0 Å². The number of piperidine rings is 1. The van der Waals surface area contributed by atoms with Gasteiger partial charge in [-0.15, -0.1) is 0 Å². The third kappa shape index (κ3) is 6.25. The standard InChI is InChI=1S/C19H39N5/c1-6-20-19(24-14-16(2)11-17(3)15-24)21-12-18(4)13-23-9-7-22(5)8-10-23/h16-18H,6-15H2,1-5H3,(H,20,21). The predicted molar refractivity (Wildman–Crippen MR) is 104 cm³/mol. The molecular formula is C19H39N5. The highest BCUT2D eigenvalue weighted by Gasteiger charge is 2.24.